The molecule has 0 spiro atoms. The lowest BCUT2D eigenvalue weighted by atomic mass is 10.2. The SMILES string of the molecule is COC(=O)C1CCCN1CCCC(F)(F)F. The molecule has 0 aromatic carbocycles. The van der Waals surface area contributed by atoms with Gasteiger partial charge in [0.25, 0.3) is 0 Å². The van der Waals surface area contributed by atoms with E-state index in [9.17, 15) is 18.0 Å². The van der Waals surface area contributed by atoms with Gasteiger partial charge in [-0.2, -0.15) is 13.2 Å². The summed E-state index contributed by atoms with van der Waals surface area (Å²) in [7, 11) is 1.30. The normalized spacial score (nSPS) is 22.4. The maximum atomic E-state index is 11.9. The lowest BCUT2D eigenvalue weighted by Gasteiger charge is -2.22. The summed E-state index contributed by atoms with van der Waals surface area (Å²) in [6, 6.07) is -0.349. The quantitative estimate of drug-likeness (QED) is 0.702. The molecule has 0 radical (unpaired) electrons. The zero-order chi connectivity index (χ0) is 12.2. The van der Waals surface area contributed by atoms with Crippen molar-refractivity contribution < 1.29 is 22.7 Å². The first-order valence-electron chi connectivity index (χ1n) is 5.32. The molecular formula is C10H16F3NO2. The fourth-order valence-electron chi connectivity index (χ4n) is 1.98. The van der Waals surface area contributed by atoms with Crippen LogP contribution in [0.1, 0.15) is 25.7 Å². The number of alkyl halides is 3. The largest absolute Gasteiger partial charge is 0.468 e. The van der Waals surface area contributed by atoms with Crippen molar-refractivity contribution in [2.75, 3.05) is 20.2 Å². The van der Waals surface area contributed by atoms with Gasteiger partial charge in [0.05, 0.1) is 7.11 Å². The van der Waals surface area contributed by atoms with E-state index in [1.54, 1.807) is 4.90 Å². The second-order valence-electron chi connectivity index (χ2n) is 3.94. The van der Waals surface area contributed by atoms with Crippen LogP contribution in [0.15, 0.2) is 0 Å². The molecule has 94 valence electrons. The van der Waals surface area contributed by atoms with E-state index in [1.807, 2.05) is 0 Å². The van der Waals surface area contributed by atoms with E-state index in [1.165, 1.54) is 7.11 Å². The molecule has 6 heteroatoms. The number of likely N-dealkylation sites (tertiary alicyclic amines) is 1. The predicted molar refractivity (Wildman–Crippen MR) is 51.9 cm³/mol. The Labute approximate surface area is 92.5 Å². The maximum absolute atomic E-state index is 11.9. The molecule has 0 aromatic rings. The van der Waals surface area contributed by atoms with Crippen LogP contribution in [0.3, 0.4) is 0 Å². The number of esters is 1. The first-order valence-corrected chi connectivity index (χ1v) is 5.32. The van der Waals surface area contributed by atoms with E-state index in [0.717, 1.165) is 6.42 Å². The molecule has 1 unspecified atom stereocenters. The number of halogens is 3. The summed E-state index contributed by atoms with van der Waals surface area (Å²) in [4.78, 5) is 13.1. The summed E-state index contributed by atoms with van der Waals surface area (Å²) in [5.41, 5.74) is 0. The molecule has 3 nitrogen and oxygen atoms in total. The third kappa shape index (κ3) is 4.00. The van der Waals surface area contributed by atoms with E-state index in [4.69, 9.17) is 0 Å². The number of methoxy groups -OCH3 is 1. The smallest absolute Gasteiger partial charge is 0.389 e. The van der Waals surface area contributed by atoms with Crippen LogP contribution in [0.4, 0.5) is 13.2 Å². The Morgan fingerprint density at radius 2 is 2.19 bits per heavy atom. The molecule has 0 bridgehead atoms. The van der Waals surface area contributed by atoms with Crippen LogP contribution in [-0.2, 0) is 9.53 Å². The fourth-order valence-corrected chi connectivity index (χ4v) is 1.98. The van der Waals surface area contributed by atoms with Gasteiger partial charge in [0.2, 0.25) is 0 Å². The van der Waals surface area contributed by atoms with Gasteiger partial charge in [0.1, 0.15) is 6.04 Å². The minimum Gasteiger partial charge on any atom is -0.468 e. The van der Waals surface area contributed by atoms with Crippen molar-refractivity contribution in [1.82, 2.24) is 4.90 Å². The number of hydrogen-bond acceptors (Lipinski definition) is 3. The highest BCUT2D eigenvalue weighted by Gasteiger charge is 2.32. The Morgan fingerprint density at radius 3 is 2.75 bits per heavy atom. The Hall–Kier alpha value is -0.780. The molecule has 1 aliphatic heterocycles. The van der Waals surface area contributed by atoms with Crippen LogP contribution in [0.25, 0.3) is 0 Å². The Kier molecular flexibility index (Phi) is 4.58. The van der Waals surface area contributed by atoms with E-state index >= 15 is 0 Å². The first kappa shape index (κ1) is 13.3. The second-order valence-corrected chi connectivity index (χ2v) is 3.94. The van der Waals surface area contributed by atoms with Crippen LogP contribution < -0.4 is 0 Å². The van der Waals surface area contributed by atoms with Gasteiger partial charge in [0, 0.05) is 6.42 Å². The van der Waals surface area contributed by atoms with E-state index in [-0.39, 0.29) is 18.4 Å². The first-order chi connectivity index (χ1) is 7.44. The molecule has 0 amide bonds. The highest BCUT2D eigenvalue weighted by atomic mass is 19.4. The lowest BCUT2D eigenvalue weighted by Crippen LogP contribution is -2.37. The molecule has 1 saturated heterocycles. The summed E-state index contributed by atoms with van der Waals surface area (Å²) in [6.45, 7) is 0.983. The minimum absolute atomic E-state index is 0.0387. The van der Waals surface area contributed by atoms with Gasteiger partial charge in [-0.25, -0.2) is 0 Å². The highest BCUT2D eigenvalue weighted by Crippen LogP contribution is 2.24. The summed E-state index contributed by atoms with van der Waals surface area (Å²) in [6.07, 6.45) is -3.35. The number of rotatable bonds is 4. The van der Waals surface area contributed by atoms with Gasteiger partial charge in [-0.05, 0) is 32.4 Å². The Bertz CT molecular complexity index is 243. The van der Waals surface area contributed by atoms with Crippen LogP contribution in [0, 0.1) is 0 Å². The number of carbonyl (C=O) groups is 1. The zero-order valence-electron chi connectivity index (χ0n) is 9.22. The number of carbonyl (C=O) groups excluding carboxylic acids is 1. The summed E-state index contributed by atoms with van der Waals surface area (Å²) in [5, 5.41) is 0. The third-order valence-corrected chi connectivity index (χ3v) is 2.74. The van der Waals surface area contributed by atoms with Crippen molar-refractivity contribution >= 4 is 5.97 Å². The molecule has 0 saturated carbocycles. The molecule has 1 atom stereocenters. The zero-order valence-corrected chi connectivity index (χ0v) is 9.22. The standard InChI is InChI=1S/C10H16F3NO2/c1-16-9(15)8-4-2-6-14(8)7-3-5-10(11,12)13/h8H,2-7H2,1H3. The van der Waals surface area contributed by atoms with Gasteiger partial charge in [0.15, 0.2) is 0 Å². The van der Waals surface area contributed by atoms with Crippen molar-refractivity contribution in [2.45, 2.75) is 37.9 Å². The van der Waals surface area contributed by atoms with Gasteiger partial charge in [-0.3, -0.25) is 9.69 Å². The Balaban J connectivity index is 2.33. The summed E-state index contributed by atoms with van der Waals surface area (Å²) < 4.78 is 40.4. The second kappa shape index (κ2) is 5.52. The van der Waals surface area contributed by atoms with Gasteiger partial charge < -0.3 is 4.74 Å². The van der Waals surface area contributed by atoms with Gasteiger partial charge in [-0.15, -0.1) is 0 Å². The van der Waals surface area contributed by atoms with Crippen molar-refractivity contribution in [3.8, 4) is 0 Å². The number of hydrogen-bond donors (Lipinski definition) is 0. The molecule has 1 aliphatic rings. The summed E-state index contributed by atoms with van der Waals surface area (Å²) >= 11 is 0. The molecule has 16 heavy (non-hydrogen) atoms. The lowest BCUT2D eigenvalue weighted by molar-refractivity contribution is -0.146. The molecule has 0 aliphatic carbocycles. The highest BCUT2D eigenvalue weighted by molar-refractivity contribution is 5.75. The van der Waals surface area contributed by atoms with Gasteiger partial charge >= 0.3 is 12.1 Å². The predicted octanol–water partition coefficient (Wildman–Crippen LogP) is 1.97. The average Bonchev–Trinajstić information content (AvgIpc) is 2.63. The van der Waals surface area contributed by atoms with Crippen molar-refractivity contribution in [1.29, 1.82) is 0 Å². The van der Waals surface area contributed by atoms with E-state index in [0.29, 0.717) is 19.5 Å². The van der Waals surface area contributed by atoms with Crippen LogP contribution in [-0.4, -0.2) is 43.3 Å². The Morgan fingerprint density at radius 1 is 1.50 bits per heavy atom. The number of ether oxygens (including phenoxy) is 1. The minimum atomic E-state index is -4.11. The van der Waals surface area contributed by atoms with E-state index in [2.05, 4.69) is 4.74 Å². The molecule has 0 aromatic heterocycles. The summed E-state index contributed by atoms with van der Waals surface area (Å²) in [5.74, 6) is -0.343. The molecule has 0 N–H and O–H groups in total. The molecule has 1 rings (SSSR count). The van der Waals surface area contributed by atoms with Crippen molar-refractivity contribution in [3.05, 3.63) is 0 Å². The third-order valence-electron chi connectivity index (χ3n) is 2.74. The van der Waals surface area contributed by atoms with Crippen LogP contribution in [0.2, 0.25) is 0 Å². The van der Waals surface area contributed by atoms with Crippen LogP contribution >= 0.6 is 0 Å². The molecule has 1 fully saturated rings. The number of nitrogens with zero attached hydrogens (tertiary/aromatic N) is 1. The fraction of sp³-hybridized carbons (Fsp3) is 0.900. The topological polar surface area (TPSA) is 29.5 Å². The van der Waals surface area contributed by atoms with Crippen LogP contribution in [0.5, 0.6) is 0 Å². The van der Waals surface area contributed by atoms with Crippen molar-refractivity contribution in [3.63, 3.8) is 0 Å². The molecule has 1 heterocycles. The average molecular weight is 239 g/mol. The maximum Gasteiger partial charge on any atom is 0.389 e. The van der Waals surface area contributed by atoms with E-state index < -0.39 is 12.6 Å². The molecular weight excluding hydrogens is 223 g/mol. The monoisotopic (exact) mass is 239 g/mol. The van der Waals surface area contributed by atoms with Gasteiger partial charge in [-0.1, -0.05) is 0 Å². The van der Waals surface area contributed by atoms with Crippen molar-refractivity contribution in [2.24, 2.45) is 0 Å².